The van der Waals surface area contributed by atoms with Crippen LogP contribution < -0.4 is 5.32 Å². The maximum atomic E-state index is 13.7. The third-order valence-electron chi connectivity index (χ3n) is 4.38. The van der Waals surface area contributed by atoms with E-state index in [1.54, 1.807) is 33.7 Å². The minimum Gasteiger partial charge on any atom is -0.362 e. The van der Waals surface area contributed by atoms with Crippen LogP contribution in [0.2, 0.25) is 0 Å². The van der Waals surface area contributed by atoms with Crippen molar-refractivity contribution < 1.29 is 4.39 Å². The van der Waals surface area contributed by atoms with Crippen LogP contribution in [0.4, 0.5) is 10.2 Å². The number of nitrogens with zero attached hydrogens (tertiary/aromatic N) is 4. The van der Waals surface area contributed by atoms with Crippen LogP contribution in [0.1, 0.15) is 18.0 Å². The molecule has 0 aliphatic carbocycles. The number of thioether (sulfide) groups is 1. The summed E-state index contributed by atoms with van der Waals surface area (Å²) < 4.78 is 15.5. The molecule has 0 saturated heterocycles. The van der Waals surface area contributed by atoms with E-state index in [0.29, 0.717) is 5.65 Å². The number of nitrogens with one attached hydrogen (secondary N) is 1. The topological polar surface area (TPSA) is 55.1 Å². The Morgan fingerprint density at radius 1 is 1.15 bits per heavy atom. The first-order chi connectivity index (χ1) is 12.8. The molecule has 1 N–H and O–H groups in total. The largest absolute Gasteiger partial charge is 0.362 e. The Hall–Kier alpha value is -2.45. The molecule has 0 bridgehead atoms. The number of hydrogen-bond donors (Lipinski definition) is 1. The zero-order valence-corrected chi connectivity index (χ0v) is 15.2. The number of rotatable bonds is 3. The van der Waals surface area contributed by atoms with Gasteiger partial charge in [0.15, 0.2) is 11.5 Å². The SMILES string of the molecule is Fc1ccc2c(c1)C(Nc1ccc3nnc(-c4ccsc4)n3n1)CCS2. The molecule has 0 amide bonds. The zero-order valence-electron chi connectivity index (χ0n) is 13.6. The first-order valence-corrected chi connectivity index (χ1v) is 10.1. The molecule has 4 heterocycles. The van der Waals surface area contributed by atoms with Crippen LogP contribution in [0, 0.1) is 5.82 Å². The Labute approximate surface area is 157 Å². The van der Waals surface area contributed by atoms with Gasteiger partial charge in [-0.05, 0) is 53.8 Å². The van der Waals surface area contributed by atoms with Crippen molar-refractivity contribution in [3.8, 4) is 11.4 Å². The van der Waals surface area contributed by atoms with Gasteiger partial charge >= 0.3 is 0 Å². The van der Waals surface area contributed by atoms with Crippen molar-refractivity contribution in [1.82, 2.24) is 19.8 Å². The summed E-state index contributed by atoms with van der Waals surface area (Å²) in [5.74, 6) is 2.22. The highest BCUT2D eigenvalue weighted by atomic mass is 32.2. The monoisotopic (exact) mass is 383 g/mol. The van der Waals surface area contributed by atoms with Crippen LogP contribution in [0.15, 0.2) is 52.1 Å². The molecule has 5 rings (SSSR count). The summed E-state index contributed by atoms with van der Waals surface area (Å²) in [7, 11) is 0. The van der Waals surface area contributed by atoms with Gasteiger partial charge in [-0.3, -0.25) is 0 Å². The third kappa shape index (κ3) is 2.75. The van der Waals surface area contributed by atoms with E-state index in [1.807, 2.05) is 35.0 Å². The molecule has 3 aromatic heterocycles. The molecular formula is C18H14FN5S2. The zero-order chi connectivity index (χ0) is 17.5. The molecule has 1 unspecified atom stereocenters. The maximum absolute atomic E-state index is 13.7. The van der Waals surface area contributed by atoms with Crippen molar-refractivity contribution in [3.05, 3.63) is 58.5 Å². The van der Waals surface area contributed by atoms with Crippen LogP contribution in [-0.4, -0.2) is 25.6 Å². The lowest BCUT2D eigenvalue weighted by atomic mass is 10.0. The van der Waals surface area contributed by atoms with Gasteiger partial charge < -0.3 is 5.32 Å². The van der Waals surface area contributed by atoms with Crippen molar-refractivity contribution in [2.24, 2.45) is 0 Å². The number of fused-ring (bicyclic) bond motifs is 2. The highest BCUT2D eigenvalue weighted by Gasteiger charge is 2.22. The lowest BCUT2D eigenvalue weighted by Crippen LogP contribution is -2.17. The predicted octanol–water partition coefficient (Wildman–Crippen LogP) is 4.64. The second-order valence-electron chi connectivity index (χ2n) is 6.04. The summed E-state index contributed by atoms with van der Waals surface area (Å²) in [6.45, 7) is 0. The summed E-state index contributed by atoms with van der Waals surface area (Å²) in [6, 6.07) is 10.8. The Morgan fingerprint density at radius 3 is 3.00 bits per heavy atom. The minimum atomic E-state index is -0.208. The number of hydrogen-bond acceptors (Lipinski definition) is 6. The van der Waals surface area contributed by atoms with E-state index < -0.39 is 0 Å². The first kappa shape index (κ1) is 15.8. The van der Waals surface area contributed by atoms with Gasteiger partial charge in [0, 0.05) is 21.6 Å². The molecule has 26 heavy (non-hydrogen) atoms. The van der Waals surface area contributed by atoms with Crippen LogP contribution in [0.5, 0.6) is 0 Å². The van der Waals surface area contributed by atoms with E-state index in [2.05, 4.69) is 20.6 Å². The molecule has 1 atom stereocenters. The molecule has 1 aromatic carbocycles. The average molecular weight is 383 g/mol. The summed E-state index contributed by atoms with van der Waals surface area (Å²) in [6.07, 6.45) is 0.917. The summed E-state index contributed by atoms with van der Waals surface area (Å²) in [5.41, 5.74) is 2.68. The highest BCUT2D eigenvalue weighted by molar-refractivity contribution is 7.99. The molecule has 1 aliphatic rings. The number of anilines is 1. The van der Waals surface area contributed by atoms with E-state index in [-0.39, 0.29) is 11.9 Å². The van der Waals surface area contributed by atoms with Gasteiger partial charge in [-0.1, -0.05) is 0 Å². The van der Waals surface area contributed by atoms with E-state index in [0.717, 1.165) is 39.8 Å². The normalized spacial score (nSPS) is 16.6. The standard InChI is InChI=1S/C18H14FN5S2/c19-12-1-2-15-13(9-12)14(6-8-26-15)20-16-3-4-17-21-22-18(24(17)23-16)11-5-7-25-10-11/h1-5,7,9-10,14H,6,8H2,(H,20,23). The number of thiophene rings is 1. The molecule has 4 aromatic rings. The minimum absolute atomic E-state index is 0.0352. The van der Waals surface area contributed by atoms with Crippen molar-refractivity contribution in [1.29, 1.82) is 0 Å². The average Bonchev–Trinajstić information content (AvgIpc) is 3.31. The maximum Gasteiger partial charge on any atom is 0.186 e. The molecule has 5 nitrogen and oxygen atoms in total. The Balaban J connectivity index is 1.51. The van der Waals surface area contributed by atoms with Crippen LogP contribution in [0.25, 0.3) is 17.0 Å². The Morgan fingerprint density at radius 2 is 2.12 bits per heavy atom. The van der Waals surface area contributed by atoms with E-state index in [4.69, 9.17) is 0 Å². The highest BCUT2D eigenvalue weighted by Crippen LogP contribution is 2.38. The number of benzene rings is 1. The molecule has 8 heteroatoms. The van der Waals surface area contributed by atoms with Crippen LogP contribution >= 0.6 is 23.1 Å². The number of halogens is 1. The van der Waals surface area contributed by atoms with Gasteiger partial charge in [0.05, 0.1) is 6.04 Å². The fourth-order valence-electron chi connectivity index (χ4n) is 3.13. The molecular weight excluding hydrogens is 369 g/mol. The predicted molar refractivity (Wildman–Crippen MR) is 102 cm³/mol. The number of aromatic nitrogens is 4. The van der Waals surface area contributed by atoms with E-state index >= 15 is 0 Å². The fraction of sp³-hybridized carbons (Fsp3) is 0.167. The van der Waals surface area contributed by atoms with Crippen molar-refractivity contribution in [2.75, 3.05) is 11.1 Å². The van der Waals surface area contributed by atoms with Gasteiger partial charge in [-0.25, -0.2) is 4.39 Å². The van der Waals surface area contributed by atoms with Crippen LogP contribution in [-0.2, 0) is 0 Å². The molecule has 1 aliphatic heterocycles. The lowest BCUT2D eigenvalue weighted by Gasteiger charge is -2.26. The first-order valence-electron chi connectivity index (χ1n) is 8.22. The summed E-state index contributed by atoms with van der Waals surface area (Å²) in [5, 5.41) is 20.6. The quantitative estimate of drug-likeness (QED) is 0.558. The van der Waals surface area contributed by atoms with E-state index in [1.165, 1.54) is 6.07 Å². The van der Waals surface area contributed by atoms with Gasteiger partial charge in [-0.2, -0.15) is 15.9 Å². The third-order valence-corrected chi connectivity index (χ3v) is 6.18. The molecule has 0 saturated carbocycles. The van der Waals surface area contributed by atoms with Gasteiger partial charge in [-0.15, -0.1) is 27.1 Å². The Kier molecular flexibility index (Phi) is 3.86. The summed E-state index contributed by atoms with van der Waals surface area (Å²) >= 11 is 3.38. The Bertz CT molecular complexity index is 1080. The van der Waals surface area contributed by atoms with Crippen molar-refractivity contribution in [3.63, 3.8) is 0 Å². The molecule has 0 fully saturated rings. The van der Waals surface area contributed by atoms with Crippen LogP contribution in [0.3, 0.4) is 0 Å². The summed E-state index contributed by atoms with van der Waals surface area (Å²) in [4.78, 5) is 1.12. The second kappa shape index (κ2) is 6.37. The van der Waals surface area contributed by atoms with Gasteiger partial charge in [0.2, 0.25) is 0 Å². The molecule has 0 radical (unpaired) electrons. The van der Waals surface area contributed by atoms with E-state index in [9.17, 15) is 4.39 Å². The van der Waals surface area contributed by atoms with Gasteiger partial charge in [0.1, 0.15) is 11.6 Å². The van der Waals surface area contributed by atoms with Gasteiger partial charge in [0.25, 0.3) is 0 Å². The van der Waals surface area contributed by atoms with Crippen molar-refractivity contribution in [2.45, 2.75) is 17.4 Å². The molecule has 0 spiro atoms. The molecule has 130 valence electrons. The fourth-order valence-corrected chi connectivity index (χ4v) is 4.87. The van der Waals surface area contributed by atoms with Crippen molar-refractivity contribution >= 4 is 34.6 Å². The lowest BCUT2D eigenvalue weighted by molar-refractivity contribution is 0.615. The smallest absolute Gasteiger partial charge is 0.186 e. The second-order valence-corrected chi connectivity index (χ2v) is 7.96.